The molecule has 1 unspecified atom stereocenters. The van der Waals surface area contributed by atoms with E-state index >= 15 is 0 Å². The van der Waals surface area contributed by atoms with E-state index in [9.17, 15) is 18.9 Å². The molecule has 0 radical (unpaired) electrons. The normalized spacial score (nSPS) is 29.2. The maximum atomic E-state index is 14.3. The van der Waals surface area contributed by atoms with Gasteiger partial charge in [0, 0.05) is 22.9 Å². The first-order chi connectivity index (χ1) is 16.6. The van der Waals surface area contributed by atoms with Crippen LogP contribution in [0, 0.1) is 11.7 Å². The van der Waals surface area contributed by atoms with Gasteiger partial charge in [0.15, 0.2) is 11.2 Å². The number of aromatic nitrogens is 4. The topological polar surface area (TPSA) is 155 Å². The first-order valence-electron chi connectivity index (χ1n) is 10.8. The molecule has 3 aromatic rings. The summed E-state index contributed by atoms with van der Waals surface area (Å²) in [5.41, 5.74) is 6.26. The number of phosphoric ester groups is 1. The largest absolute Gasteiger partial charge is 0.475 e. The molecule has 0 bridgehead atoms. The molecular formula is C21H22ClFN5O6P. The lowest BCUT2D eigenvalue weighted by Crippen LogP contribution is -2.22. The summed E-state index contributed by atoms with van der Waals surface area (Å²) in [6, 6.07) is 3.56. The fourth-order valence-electron chi connectivity index (χ4n) is 4.44. The van der Waals surface area contributed by atoms with Crippen molar-refractivity contribution in [1.82, 2.24) is 19.5 Å². The van der Waals surface area contributed by atoms with Crippen molar-refractivity contribution in [3.8, 4) is 0 Å². The molecule has 5 atom stereocenters. The third-order valence-electron chi connectivity index (χ3n) is 6.22. The van der Waals surface area contributed by atoms with Gasteiger partial charge in [0.25, 0.3) is 5.56 Å². The minimum Gasteiger partial charge on any atom is -0.392 e. The molecule has 35 heavy (non-hydrogen) atoms. The summed E-state index contributed by atoms with van der Waals surface area (Å²) in [5.74, 6) is -1.24. The lowest BCUT2D eigenvalue weighted by molar-refractivity contribution is 0.0155. The summed E-state index contributed by atoms with van der Waals surface area (Å²) < 4.78 is 45.4. The standard InChI is InChI=1S/C21H22ClFN5O6P/c1-10-13(16(29)7-15(10)28-9-25-18-19(28)26-21(24)27-20(18)30)8-33-35(31)32-5-4-17(34-35)12-6-11(22)2-3-14(12)23/h2-3,6,9,13,15-17,29H,1,4-5,7-8H2,(H3,24,26,27,30)/t13?,15-,16-,17+,35-/m0/s1. The summed E-state index contributed by atoms with van der Waals surface area (Å²) >= 11 is 5.97. The third-order valence-corrected chi connectivity index (χ3v) is 7.93. The lowest BCUT2D eigenvalue weighted by atomic mass is 10.0. The predicted molar refractivity (Wildman–Crippen MR) is 124 cm³/mol. The van der Waals surface area contributed by atoms with Crippen LogP contribution in [0.3, 0.4) is 0 Å². The first kappa shape index (κ1) is 24.1. The van der Waals surface area contributed by atoms with E-state index < -0.39 is 43.4 Å². The van der Waals surface area contributed by atoms with Crippen molar-refractivity contribution < 1.29 is 27.6 Å². The first-order valence-corrected chi connectivity index (χ1v) is 12.6. The number of fused-ring (bicyclic) bond motifs is 1. The van der Waals surface area contributed by atoms with Crippen LogP contribution in [0.4, 0.5) is 10.3 Å². The van der Waals surface area contributed by atoms with Gasteiger partial charge in [-0.3, -0.25) is 23.3 Å². The average Bonchev–Trinajstić information content (AvgIpc) is 3.34. The molecule has 0 amide bonds. The Bertz CT molecular complexity index is 1410. The van der Waals surface area contributed by atoms with Crippen LogP contribution >= 0.6 is 19.4 Å². The second kappa shape index (κ2) is 9.12. The maximum absolute atomic E-state index is 14.3. The van der Waals surface area contributed by atoms with E-state index in [1.54, 1.807) is 4.57 Å². The Morgan fingerprint density at radius 1 is 1.46 bits per heavy atom. The molecule has 0 spiro atoms. The minimum absolute atomic E-state index is 0.0212. The van der Waals surface area contributed by atoms with Gasteiger partial charge in [0.1, 0.15) is 5.82 Å². The van der Waals surface area contributed by atoms with Crippen LogP contribution in [-0.2, 0) is 18.1 Å². The molecule has 3 heterocycles. The number of nitrogens with zero attached hydrogens (tertiary/aromatic N) is 3. The highest BCUT2D eigenvalue weighted by Crippen LogP contribution is 2.58. The van der Waals surface area contributed by atoms with E-state index in [0.29, 0.717) is 10.6 Å². The molecule has 4 N–H and O–H groups in total. The number of halogens is 2. The number of nitrogens with one attached hydrogen (secondary N) is 1. The number of H-pyrrole nitrogens is 1. The molecule has 2 aliphatic rings. The van der Waals surface area contributed by atoms with Crippen LogP contribution in [0.1, 0.15) is 30.6 Å². The Morgan fingerprint density at radius 3 is 3.06 bits per heavy atom. The van der Waals surface area contributed by atoms with Gasteiger partial charge in [-0.05, 0) is 30.2 Å². The number of hydrogen-bond donors (Lipinski definition) is 3. The van der Waals surface area contributed by atoms with Gasteiger partial charge in [-0.25, -0.2) is 13.9 Å². The van der Waals surface area contributed by atoms with Gasteiger partial charge in [-0.2, -0.15) is 4.98 Å². The zero-order valence-corrected chi connectivity index (χ0v) is 19.9. The van der Waals surface area contributed by atoms with Gasteiger partial charge >= 0.3 is 7.82 Å². The van der Waals surface area contributed by atoms with Crippen molar-refractivity contribution in [2.45, 2.75) is 31.1 Å². The number of nitrogens with two attached hydrogens (primary N) is 1. The van der Waals surface area contributed by atoms with E-state index in [-0.39, 0.29) is 48.7 Å². The number of hydrogen-bond acceptors (Lipinski definition) is 9. The number of aliphatic hydroxyl groups excluding tert-OH is 1. The van der Waals surface area contributed by atoms with Crippen LogP contribution in [0.25, 0.3) is 11.2 Å². The molecule has 1 aliphatic carbocycles. The molecule has 11 nitrogen and oxygen atoms in total. The SMILES string of the molecule is C=C1C(CO[P@]2(=O)OCC[C@H](c3cc(Cl)ccc3F)O2)[C@@H](O)C[C@@H]1n1cnc2c(=O)[nH]c(N)nc21. The lowest BCUT2D eigenvalue weighted by Gasteiger charge is -2.30. The van der Waals surface area contributed by atoms with Gasteiger partial charge in [-0.1, -0.05) is 18.2 Å². The average molecular weight is 526 g/mol. The van der Waals surface area contributed by atoms with Crippen LogP contribution in [0.5, 0.6) is 0 Å². The summed E-state index contributed by atoms with van der Waals surface area (Å²) in [6.45, 7) is 3.88. The quantitative estimate of drug-likeness (QED) is 0.336. The van der Waals surface area contributed by atoms with E-state index in [1.165, 1.54) is 24.5 Å². The molecule has 186 valence electrons. The molecule has 1 aromatic carbocycles. The molecular weight excluding hydrogens is 504 g/mol. The Kier molecular flexibility index (Phi) is 6.28. The highest BCUT2D eigenvalue weighted by atomic mass is 35.5. The molecule has 2 fully saturated rings. The highest BCUT2D eigenvalue weighted by molar-refractivity contribution is 7.48. The minimum atomic E-state index is -4.06. The molecule has 1 aliphatic heterocycles. The van der Waals surface area contributed by atoms with Crippen LogP contribution in [0.2, 0.25) is 5.02 Å². The van der Waals surface area contributed by atoms with Crippen molar-refractivity contribution in [3.63, 3.8) is 0 Å². The fraction of sp³-hybridized carbons (Fsp3) is 0.381. The van der Waals surface area contributed by atoms with E-state index in [1.807, 2.05) is 0 Å². The van der Waals surface area contributed by atoms with Crippen molar-refractivity contribution in [1.29, 1.82) is 0 Å². The number of anilines is 1. The van der Waals surface area contributed by atoms with Gasteiger partial charge < -0.3 is 15.4 Å². The van der Waals surface area contributed by atoms with Gasteiger partial charge in [0.2, 0.25) is 5.95 Å². The molecule has 14 heteroatoms. The smallest absolute Gasteiger partial charge is 0.392 e. The van der Waals surface area contributed by atoms with Crippen LogP contribution in [0.15, 0.2) is 41.5 Å². The van der Waals surface area contributed by atoms with Crippen molar-refractivity contribution in [2.75, 3.05) is 18.9 Å². The van der Waals surface area contributed by atoms with E-state index in [0.717, 1.165) is 0 Å². The van der Waals surface area contributed by atoms with E-state index in [2.05, 4.69) is 21.5 Å². The summed E-state index contributed by atoms with van der Waals surface area (Å²) in [5, 5.41) is 11.0. The van der Waals surface area contributed by atoms with Crippen molar-refractivity contribution in [3.05, 3.63) is 63.4 Å². The fourth-order valence-corrected chi connectivity index (χ4v) is 6.02. The molecule has 1 saturated carbocycles. The monoisotopic (exact) mass is 525 g/mol. The zero-order valence-electron chi connectivity index (χ0n) is 18.3. The maximum Gasteiger partial charge on any atom is 0.475 e. The Hall–Kier alpha value is -2.60. The number of phosphoric acid groups is 1. The number of benzene rings is 1. The van der Waals surface area contributed by atoms with Gasteiger partial charge in [0.05, 0.1) is 37.8 Å². The summed E-state index contributed by atoms with van der Waals surface area (Å²) in [6.07, 6.45) is 0.146. The highest BCUT2D eigenvalue weighted by Gasteiger charge is 2.42. The Labute approximate surface area is 203 Å². The second-order valence-corrected chi connectivity index (χ2v) is 10.5. The number of aliphatic hydroxyl groups is 1. The number of aromatic amines is 1. The number of rotatable bonds is 5. The van der Waals surface area contributed by atoms with Crippen LogP contribution in [-0.4, -0.2) is 43.9 Å². The van der Waals surface area contributed by atoms with Gasteiger partial charge in [-0.15, -0.1) is 0 Å². The van der Waals surface area contributed by atoms with Crippen LogP contribution < -0.4 is 11.3 Å². The molecule has 5 rings (SSSR count). The second-order valence-electron chi connectivity index (χ2n) is 8.40. The van der Waals surface area contributed by atoms with Crippen molar-refractivity contribution >= 4 is 36.5 Å². The molecule has 1 saturated heterocycles. The molecule has 2 aromatic heterocycles. The van der Waals surface area contributed by atoms with Crippen molar-refractivity contribution in [2.24, 2.45) is 5.92 Å². The number of nitrogen functional groups attached to an aromatic ring is 1. The summed E-state index contributed by atoms with van der Waals surface area (Å²) in [7, 11) is -4.06. The Morgan fingerprint density at radius 2 is 2.26 bits per heavy atom. The van der Waals surface area contributed by atoms with E-state index in [4.69, 9.17) is 30.9 Å². The summed E-state index contributed by atoms with van der Waals surface area (Å²) in [4.78, 5) is 22.7. The number of imidazole rings is 1. The predicted octanol–water partition coefficient (Wildman–Crippen LogP) is 3.28. The zero-order chi connectivity index (χ0) is 24.9. The Balaban J connectivity index is 1.31. The third kappa shape index (κ3) is 4.53.